The fourth-order valence-corrected chi connectivity index (χ4v) is 10.2. The van der Waals surface area contributed by atoms with Gasteiger partial charge in [-0.25, -0.2) is 9.59 Å². The molecule has 1 saturated heterocycles. The fraction of sp³-hybridized carbons (Fsp3) is 0.447. The van der Waals surface area contributed by atoms with Crippen molar-refractivity contribution in [1.82, 2.24) is 5.32 Å². The summed E-state index contributed by atoms with van der Waals surface area (Å²) >= 11 is 0. The van der Waals surface area contributed by atoms with E-state index in [0.29, 0.717) is 5.56 Å². The van der Waals surface area contributed by atoms with Gasteiger partial charge in [-0.2, -0.15) is 0 Å². The Morgan fingerprint density at radius 1 is 0.823 bits per heavy atom. The van der Waals surface area contributed by atoms with Gasteiger partial charge in [0.2, 0.25) is 0 Å². The largest absolute Gasteiger partial charge is 0.456 e. The average molecular weight is 854 g/mol. The molecule has 3 aromatic rings. The van der Waals surface area contributed by atoms with Gasteiger partial charge >= 0.3 is 23.9 Å². The van der Waals surface area contributed by atoms with Gasteiger partial charge in [0.15, 0.2) is 23.6 Å². The van der Waals surface area contributed by atoms with Crippen LogP contribution in [-0.4, -0.2) is 105 Å². The summed E-state index contributed by atoms with van der Waals surface area (Å²) in [5.41, 5.74) is -7.02. The molecule has 328 valence electrons. The van der Waals surface area contributed by atoms with Crippen LogP contribution >= 0.6 is 0 Å². The predicted octanol–water partition coefficient (Wildman–Crippen LogP) is 3.74. The Balaban J connectivity index is 1.39. The van der Waals surface area contributed by atoms with Crippen molar-refractivity contribution in [1.29, 1.82) is 0 Å². The summed E-state index contributed by atoms with van der Waals surface area (Å²) in [5, 5.41) is 40.2. The summed E-state index contributed by atoms with van der Waals surface area (Å²) in [6.07, 6.45) is -10.5. The standard InChI is InChI=1S/C47H51NO14/c1-25-31(60-43(56)36(52)35(28-16-10-7-11-17-28)48-41(54)29-18-12-8-13-19-29)23-47(57)40(61-42(55)30-20-14-9-15-21-30)38-45(6,32(51)22-33-46(38,24-58-33)62-27(3)50)39(53)37(59-26(2)49)34(25)44(47,4)5/h7-21,31-33,35-38,40,51-52,57H,22-24H2,1-6H3,(H,48,54)/t31-,32-,33+,35-,36+,37+,38+,40-,45+,46-,47+/m0/s1. The number of amides is 1. The molecule has 0 spiro atoms. The van der Waals surface area contributed by atoms with Crippen LogP contribution in [0.25, 0.3) is 0 Å². The zero-order chi connectivity index (χ0) is 44.9. The molecule has 15 heteroatoms. The van der Waals surface area contributed by atoms with Crippen LogP contribution in [0.2, 0.25) is 0 Å². The number of aliphatic hydroxyl groups is 3. The molecule has 4 N–H and O–H groups in total. The van der Waals surface area contributed by atoms with Crippen molar-refractivity contribution in [3.8, 4) is 0 Å². The number of benzene rings is 3. The SMILES string of the molecule is CC(=O)O[C@H]1C(=O)[C@]2(C)[C@@H](O)C[C@H]3OC[C@@]3(OC(C)=O)[C@@H]2[C@H](OC(=O)c2ccccc2)[C@]2(O)C[C@H](OC(=O)[C@H](O)[C@@H](NC(=O)c3ccccc3)c3ccccc3)C(C)=C1C2(C)C. The number of hydrogen-bond donors (Lipinski definition) is 4. The van der Waals surface area contributed by atoms with Crippen molar-refractivity contribution in [3.63, 3.8) is 0 Å². The second-order valence-corrected chi connectivity index (χ2v) is 17.4. The topological polar surface area (TPSA) is 221 Å². The number of carbonyl (C=O) groups excluding carboxylic acids is 6. The fourth-order valence-electron chi connectivity index (χ4n) is 10.2. The number of aliphatic hydroxyl groups excluding tert-OH is 2. The minimum absolute atomic E-state index is 0.00289. The molecule has 62 heavy (non-hydrogen) atoms. The van der Waals surface area contributed by atoms with Crippen LogP contribution in [0.15, 0.2) is 102 Å². The Morgan fingerprint density at radius 3 is 1.95 bits per heavy atom. The van der Waals surface area contributed by atoms with E-state index in [-0.39, 0.29) is 35.3 Å². The summed E-state index contributed by atoms with van der Waals surface area (Å²) in [4.78, 5) is 83.5. The third-order valence-electron chi connectivity index (χ3n) is 13.5. The lowest BCUT2D eigenvalue weighted by Gasteiger charge is -2.67. The van der Waals surface area contributed by atoms with E-state index < -0.39 is 113 Å². The zero-order valence-corrected chi connectivity index (χ0v) is 35.2. The van der Waals surface area contributed by atoms with E-state index in [2.05, 4.69) is 5.32 Å². The minimum atomic E-state index is -2.39. The first-order chi connectivity index (χ1) is 29.3. The monoisotopic (exact) mass is 853 g/mol. The number of fused-ring (bicyclic) bond motifs is 5. The third-order valence-corrected chi connectivity index (χ3v) is 13.5. The smallest absolute Gasteiger partial charge is 0.338 e. The molecule has 3 aromatic carbocycles. The number of nitrogens with one attached hydrogen (secondary N) is 1. The van der Waals surface area contributed by atoms with E-state index in [0.717, 1.165) is 13.8 Å². The lowest BCUT2D eigenvalue weighted by molar-refractivity contribution is -0.346. The maximum atomic E-state index is 15.5. The Kier molecular flexibility index (Phi) is 11.8. The molecule has 1 heterocycles. The van der Waals surface area contributed by atoms with Crippen molar-refractivity contribution >= 4 is 35.6 Å². The lowest BCUT2D eigenvalue weighted by Crippen LogP contribution is -2.82. The van der Waals surface area contributed by atoms with Crippen LogP contribution in [0.4, 0.5) is 0 Å². The van der Waals surface area contributed by atoms with Crippen LogP contribution in [0.5, 0.6) is 0 Å². The molecule has 0 unspecified atom stereocenters. The van der Waals surface area contributed by atoms with Gasteiger partial charge in [0, 0.05) is 37.7 Å². The average Bonchev–Trinajstić information content (AvgIpc) is 3.24. The highest BCUT2D eigenvalue weighted by Gasteiger charge is 2.78. The molecule has 11 atom stereocenters. The Bertz CT molecular complexity index is 2280. The Labute approximate surface area is 358 Å². The molecular weight excluding hydrogens is 803 g/mol. The van der Waals surface area contributed by atoms with E-state index in [1.165, 1.54) is 26.0 Å². The van der Waals surface area contributed by atoms with Gasteiger partial charge in [-0.15, -0.1) is 0 Å². The number of rotatable bonds is 10. The molecule has 2 bridgehead atoms. The molecule has 0 radical (unpaired) electrons. The second kappa shape index (κ2) is 16.5. The minimum Gasteiger partial charge on any atom is -0.456 e. The number of ketones is 1. The summed E-state index contributed by atoms with van der Waals surface area (Å²) in [6.45, 7) is 7.97. The molecule has 3 fully saturated rings. The van der Waals surface area contributed by atoms with Crippen molar-refractivity contribution in [3.05, 3.63) is 119 Å². The Hall–Kier alpha value is -5.74. The van der Waals surface area contributed by atoms with Gasteiger partial charge in [0.25, 0.3) is 5.91 Å². The molecule has 2 saturated carbocycles. The predicted molar refractivity (Wildman–Crippen MR) is 218 cm³/mol. The number of carbonyl (C=O) groups is 6. The van der Waals surface area contributed by atoms with Crippen molar-refractivity contribution in [2.45, 2.75) is 108 Å². The molecule has 3 aliphatic carbocycles. The van der Waals surface area contributed by atoms with E-state index in [1.807, 2.05) is 0 Å². The molecule has 7 rings (SSSR count). The first-order valence-corrected chi connectivity index (χ1v) is 20.5. The highest BCUT2D eigenvalue weighted by Crippen LogP contribution is 2.64. The summed E-state index contributed by atoms with van der Waals surface area (Å²) in [6, 6.07) is 22.9. The van der Waals surface area contributed by atoms with Crippen LogP contribution in [-0.2, 0) is 42.9 Å². The maximum absolute atomic E-state index is 15.5. The van der Waals surface area contributed by atoms with Crippen LogP contribution < -0.4 is 5.32 Å². The first kappa shape index (κ1) is 44.3. The van der Waals surface area contributed by atoms with E-state index >= 15 is 4.79 Å². The van der Waals surface area contributed by atoms with Gasteiger partial charge in [0.05, 0.1) is 35.6 Å². The molecule has 0 aromatic heterocycles. The van der Waals surface area contributed by atoms with E-state index in [4.69, 9.17) is 23.7 Å². The van der Waals surface area contributed by atoms with Crippen molar-refractivity contribution in [2.24, 2.45) is 16.7 Å². The van der Waals surface area contributed by atoms with Crippen LogP contribution in [0, 0.1) is 16.7 Å². The third kappa shape index (κ3) is 7.29. The Morgan fingerprint density at radius 2 is 1.40 bits per heavy atom. The summed E-state index contributed by atoms with van der Waals surface area (Å²) < 4.78 is 30.3. The van der Waals surface area contributed by atoms with Gasteiger partial charge < -0.3 is 44.3 Å². The van der Waals surface area contributed by atoms with E-state index in [1.54, 1.807) is 92.7 Å². The summed E-state index contributed by atoms with van der Waals surface area (Å²) in [7, 11) is 0. The van der Waals surface area contributed by atoms with Gasteiger partial charge in [-0.3, -0.25) is 19.2 Å². The molecule has 1 aliphatic heterocycles. The van der Waals surface area contributed by atoms with Crippen molar-refractivity contribution < 1.29 is 67.8 Å². The number of hydrogen-bond acceptors (Lipinski definition) is 14. The number of Topliss-reactive ketones (excluding diaryl/α,β-unsaturated/α-hetero) is 1. The quantitative estimate of drug-likeness (QED) is 0.130. The molecule has 15 nitrogen and oxygen atoms in total. The zero-order valence-electron chi connectivity index (χ0n) is 35.2. The van der Waals surface area contributed by atoms with Gasteiger partial charge in [-0.05, 0) is 54.8 Å². The maximum Gasteiger partial charge on any atom is 0.338 e. The number of esters is 4. The summed E-state index contributed by atoms with van der Waals surface area (Å²) in [5.74, 6) is -6.84. The van der Waals surface area contributed by atoms with Crippen LogP contribution in [0.1, 0.15) is 86.7 Å². The molecule has 4 aliphatic rings. The number of ether oxygens (including phenoxy) is 5. The molecular formula is C47H51NO14. The van der Waals surface area contributed by atoms with Crippen LogP contribution in [0.3, 0.4) is 0 Å². The second-order valence-electron chi connectivity index (χ2n) is 17.4. The van der Waals surface area contributed by atoms with E-state index in [9.17, 15) is 39.3 Å². The van der Waals surface area contributed by atoms with Crippen molar-refractivity contribution in [2.75, 3.05) is 6.61 Å². The van der Waals surface area contributed by atoms with Gasteiger partial charge in [-0.1, -0.05) is 80.6 Å². The highest BCUT2D eigenvalue weighted by molar-refractivity contribution is 5.96. The lowest BCUT2D eigenvalue weighted by atomic mass is 9.44. The van der Waals surface area contributed by atoms with Gasteiger partial charge in [0.1, 0.15) is 23.9 Å². The normalized spacial score (nSPS) is 31.9. The molecule has 1 amide bonds. The highest BCUT2D eigenvalue weighted by atomic mass is 16.6. The first-order valence-electron chi connectivity index (χ1n) is 20.5.